The van der Waals surface area contributed by atoms with Gasteiger partial charge in [0, 0.05) is 102 Å². The van der Waals surface area contributed by atoms with Crippen LogP contribution < -0.4 is 0 Å². The third-order valence-electron chi connectivity index (χ3n) is 8.16. The van der Waals surface area contributed by atoms with E-state index in [1.807, 2.05) is 62.3 Å². The third kappa shape index (κ3) is 13.1. The van der Waals surface area contributed by atoms with Crippen molar-refractivity contribution in [3.8, 4) is 0 Å². The molecule has 0 aromatic carbocycles. The molecule has 0 aliphatic carbocycles. The number of nitrogens with zero attached hydrogens (tertiary/aromatic N) is 1. The summed E-state index contributed by atoms with van der Waals surface area (Å²) in [6.45, 7) is 21.0. The molecule has 0 saturated carbocycles. The first-order valence-corrected chi connectivity index (χ1v) is 23.5. The van der Waals surface area contributed by atoms with Gasteiger partial charge in [-0.05, 0) is 88.1 Å². The number of aliphatic carboxylic acids is 2. The minimum atomic E-state index is -3.49. The second-order valence-electron chi connectivity index (χ2n) is 11.2. The highest BCUT2D eigenvalue weighted by atomic mass is 28.4. The van der Waals surface area contributed by atoms with Gasteiger partial charge in [0.15, 0.2) is 0 Å². The van der Waals surface area contributed by atoms with E-state index in [0.717, 1.165) is 0 Å². The molecular formula is C31H65NO13Si3. The molecule has 1 saturated heterocycles. The van der Waals surface area contributed by atoms with Crippen LogP contribution in [-0.4, -0.2) is 132 Å². The lowest BCUT2D eigenvalue weighted by Crippen LogP contribution is -2.54. The number of carboxylic acid groups (broad SMARTS) is 2. The normalized spacial score (nSPS) is 19.7. The Kier molecular flexibility index (Phi) is 22.3. The first-order chi connectivity index (χ1) is 23.0. The molecule has 1 rings (SSSR count). The maximum absolute atomic E-state index is 12.0. The summed E-state index contributed by atoms with van der Waals surface area (Å²) in [6, 6.07) is 0.0404. The lowest BCUT2D eigenvalue weighted by atomic mass is 10.1. The molecule has 0 spiro atoms. The Morgan fingerprint density at radius 3 is 1.08 bits per heavy atom. The molecule has 48 heavy (non-hydrogen) atoms. The van der Waals surface area contributed by atoms with Gasteiger partial charge >= 0.3 is 38.4 Å². The molecule has 1 heterocycles. The molecule has 1 aliphatic rings. The highest BCUT2D eigenvalue weighted by molar-refractivity contribution is 6.64. The molecule has 1 fully saturated rings. The molecule has 0 aromatic heterocycles. The zero-order valence-electron chi connectivity index (χ0n) is 31.0. The fraction of sp³-hybridized carbons (Fsp3) is 0.935. The maximum Gasteiger partial charge on any atom is 0.505 e. The van der Waals surface area contributed by atoms with Gasteiger partial charge < -0.3 is 50.0 Å². The van der Waals surface area contributed by atoms with E-state index in [-0.39, 0.29) is 37.8 Å². The number of carbonyl (C=O) groups is 2. The molecule has 0 radical (unpaired) electrons. The average Bonchev–Trinajstić information content (AvgIpc) is 3.70. The van der Waals surface area contributed by atoms with E-state index in [9.17, 15) is 19.8 Å². The standard InChI is InChI=1S/C31H65NO13Si3/c1-10-37-46(38-11-2,39-12-3)25-19-24-32-30(26(20-22-28(33)34)47(40-13-4,41-14-5)42-15-6)31(32)27(21-23-29(35)36)48(43-16-7,44-17-8)45-18-9/h26-27,30-31H,10-25H2,1-9H3,(H,33,34)(H,35,36). The van der Waals surface area contributed by atoms with Gasteiger partial charge in [0.2, 0.25) is 0 Å². The van der Waals surface area contributed by atoms with Gasteiger partial charge in [0.05, 0.1) is 0 Å². The lowest BCUT2D eigenvalue weighted by Gasteiger charge is -2.37. The van der Waals surface area contributed by atoms with E-state index in [0.29, 0.717) is 78.5 Å². The Bertz CT molecular complexity index is 801. The van der Waals surface area contributed by atoms with Crippen molar-refractivity contribution >= 4 is 38.4 Å². The van der Waals surface area contributed by atoms with Crippen molar-refractivity contribution in [2.24, 2.45) is 0 Å². The van der Waals surface area contributed by atoms with Crippen LogP contribution in [0.4, 0.5) is 0 Å². The minimum Gasteiger partial charge on any atom is -0.481 e. The van der Waals surface area contributed by atoms with Crippen LogP contribution >= 0.6 is 0 Å². The zero-order chi connectivity index (χ0) is 36.2. The van der Waals surface area contributed by atoms with Crippen molar-refractivity contribution in [1.82, 2.24) is 4.90 Å². The first-order valence-electron chi connectivity index (χ1n) is 17.9. The molecule has 2 N–H and O–H groups in total. The second-order valence-corrected chi connectivity index (χ2v) is 19.5. The highest BCUT2D eigenvalue weighted by Gasteiger charge is 2.69. The summed E-state index contributed by atoms with van der Waals surface area (Å²) in [5.41, 5.74) is -0.843. The van der Waals surface area contributed by atoms with E-state index in [2.05, 4.69) is 4.90 Å². The van der Waals surface area contributed by atoms with Crippen LogP contribution in [0.5, 0.6) is 0 Å². The predicted octanol–water partition coefficient (Wildman–Crippen LogP) is 5.04. The van der Waals surface area contributed by atoms with Crippen molar-refractivity contribution in [1.29, 1.82) is 0 Å². The number of hydrogen-bond acceptors (Lipinski definition) is 12. The van der Waals surface area contributed by atoms with Gasteiger partial charge in [-0.3, -0.25) is 14.5 Å². The third-order valence-corrected chi connectivity index (χ3v) is 18.5. The quantitative estimate of drug-likeness (QED) is 0.0696. The van der Waals surface area contributed by atoms with Gasteiger partial charge in [-0.15, -0.1) is 0 Å². The fourth-order valence-corrected chi connectivity index (χ4v) is 16.2. The molecule has 4 atom stereocenters. The molecule has 4 unspecified atom stereocenters. The van der Waals surface area contributed by atoms with E-state index < -0.39 is 49.4 Å². The first kappa shape index (κ1) is 45.2. The fourth-order valence-electron chi connectivity index (χ4n) is 6.80. The summed E-state index contributed by atoms with van der Waals surface area (Å²) < 4.78 is 56.8. The lowest BCUT2D eigenvalue weighted by molar-refractivity contribution is -0.138. The second kappa shape index (κ2) is 23.6. The maximum atomic E-state index is 12.0. The largest absolute Gasteiger partial charge is 0.505 e. The van der Waals surface area contributed by atoms with Crippen LogP contribution in [-0.2, 0) is 49.4 Å². The molecule has 284 valence electrons. The molecular weight excluding hydrogens is 679 g/mol. The molecule has 0 amide bonds. The Balaban J connectivity index is 3.87. The zero-order valence-corrected chi connectivity index (χ0v) is 34.0. The van der Waals surface area contributed by atoms with Crippen molar-refractivity contribution in [2.75, 3.05) is 66.0 Å². The average molecular weight is 744 g/mol. The summed E-state index contributed by atoms with van der Waals surface area (Å²) in [6.07, 6.45) is 0.960. The Hall–Kier alpha value is -0.809. The SMILES string of the molecule is CCO[Si](CCCN1C(C(CCC(=O)O)[Si](OCC)(OCC)OCC)C1C(CCC(=O)O)[Si](OCC)(OCC)OCC)(OCC)OCC. The molecule has 17 heteroatoms. The van der Waals surface area contributed by atoms with Crippen molar-refractivity contribution in [2.45, 2.75) is 124 Å². The van der Waals surface area contributed by atoms with Crippen LogP contribution in [0.1, 0.15) is 94.4 Å². The van der Waals surface area contributed by atoms with E-state index in [4.69, 9.17) is 39.8 Å². The number of carboxylic acids is 2. The van der Waals surface area contributed by atoms with Crippen molar-refractivity contribution in [3.05, 3.63) is 0 Å². The van der Waals surface area contributed by atoms with E-state index >= 15 is 0 Å². The summed E-state index contributed by atoms with van der Waals surface area (Å²) in [5.74, 6) is -1.86. The van der Waals surface area contributed by atoms with Crippen LogP contribution in [0, 0.1) is 0 Å². The van der Waals surface area contributed by atoms with Gasteiger partial charge in [-0.25, -0.2) is 0 Å². The topological polar surface area (TPSA) is 161 Å². The van der Waals surface area contributed by atoms with E-state index in [1.54, 1.807) is 0 Å². The summed E-state index contributed by atoms with van der Waals surface area (Å²) >= 11 is 0. The van der Waals surface area contributed by atoms with Crippen molar-refractivity contribution < 1.29 is 59.6 Å². The monoisotopic (exact) mass is 743 g/mol. The Labute approximate surface area is 292 Å². The highest BCUT2D eigenvalue weighted by Crippen LogP contribution is 2.54. The van der Waals surface area contributed by atoms with Gasteiger partial charge in [0.1, 0.15) is 0 Å². The Morgan fingerprint density at radius 2 is 0.833 bits per heavy atom. The van der Waals surface area contributed by atoms with Gasteiger partial charge in [-0.1, -0.05) is 0 Å². The smallest absolute Gasteiger partial charge is 0.481 e. The minimum absolute atomic E-state index is 0.108. The van der Waals surface area contributed by atoms with Crippen LogP contribution in [0.3, 0.4) is 0 Å². The number of rotatable bonds is 32. The number of hydrogen-bond donors (Lipinski definition) is 2. The Morgan fingerprint density at radius 1 is 0.542 bits per heavy atom. The van der Waals surface area contributed by atoms with Crippen LogP contribution in [0.15, 0.2) is 0 Å². The summed E-state index contributed by atoms with van der Waals surface area (Å²) in [4.78, 5) is 26.3. The predicted molar refractivity (Wildman–Crippen MR) is 187 cm³/mol. The van der Waals surface area contributed by atoms with Crippen molar-refractivity contribution in [3.63, 3.8) is 0 Å². The van der Waals surface area contributed by atoms with Crippen LogP contribution in [0.25, 0.3) is 0 Å². The molecule has 1 aliphatic heterocycles. The van der Waals surface area contributed by atoms with Gasteiger partial charge in [-0.2, -0.15) is 0 Å². The summed E-state index contributed by atoms with van der Waals surface area (Å²) in [7, 11) is -9.93. The van der Waals surface area contributed by atoms with Crippen LogP contribution in [0.2, 0.25) is 17.1 Å². The summed E-state index contributed by atoms with van der Waals surface area (Å²) in [5, 5.41) is 19.7. The molecule has 14 nitrogen and oxygen atoms in total. The molecule has 0 bridgehead atoms. The van der Waals surface area contributed by atoms with Gasteiger partial charge in [0.25, 0.3) is 0 Å². The van der Waals surface area contributed by atoms with E-state index in [1.165, 1.54) is 0 Å². The molecule has 0 aromatic rings.